The van der Waals surface area contributed by atoms with Gasteiger partial charge in [-0.3, -0.25) is 6.42 Å². The average molecular weight is 809 g/mol. The molecule has 2 N–H and O–H groups in total. The van der Waals surface area contributed by atoms with Crippen LogP contribution in [0.3, 0.4) is 0 Å². The quantitative estimate of drug-likeness (QED) is 0.402. The SMILES string of the molecule is CC(C)(C)C(C)(C)[CH-]O.CC(C)(C)[CH-]C(C)(C)O.[Re].[Re].[Y].[Y]. The third kappa shape index (κ3) is 25.7. The van der Waals surface area contributed by atoms with Gasteiger partial charge in [0.05, 0.1) is 0 Å². The summed E-state index contributed by atoms with van der Waals surface area (Å²) in [6, 6.07) is 0. The molecule has 0 bridgehead atoms. The minimum absolute atomic E-state index is 0. The molecule has 0 unspecified atom stereocenters. The molecule has 0 aromatic heterocycles. The smallest absolute Gasteiger partial charge is 0 e. The van der Waals surface area contributed by atoms with Crippen molar-refractivity contribution in [1.82, 2.24) is 0 Å². The Labute approximate surface area is 217 Å². The van der Waals surface area contributed by atoms with E-state index >= 15 is 0 Å². The van der Waals surface area contributed by atoms with E-state index in [1.807, 2.05) is 20.3 Å². The predicted molar refractivity (Wildman–Crippen MR) is 79.5 cm³/mol. The van der Waals surface area contributed by atoms with E-state index in [0.717, 1.165) is 0 Å². The fourth-order valence-electron chi connectivity index (χ4n) is 1.25. The number of hydrogen-bond acceptors (Lipinski definition) is 2. The van der Waals surface area contributed by atoms with Crippen LogP contribution in [0.2, 0.25) is 0 Å². The van der Waals surface area contributed by atoms with Gasteiger partial charge in [0.25, 0.3) is 0 Å². The third-order valence-electron chi connectivity index (χ3n) is 3.04. The van der Waals surface area contributed by atoms with Gasteiger partial charge in [-0.05, 0) is 0 Å². The minimum atomic E-state index is -0.641. The molecule has 0 saturated heterocycles. The first kappa shape index (κ1) is 40.2. The van der Waals surface area contributed by atoms with Crippen molar-refractivity contribution in [3.63, 3.8) is 0 Å². The zero-order chi connectivity index (χ0) is 15.4. The standard InChI is InChI=1S/2C8H17O.2Re.2Y/c1-7(2,3)8(4,5)6-9;1-7(2,3)6-8(4,5)9;;;;/h2*6,9H,1-5H3;;;;/q2*-1;;;;. The minimum Gasteiger partial charge on any atom is -0.565 e. The van der Waals surface area contributed by atoms with Gasteiger partial charge >= 0.3 is 0 Å². The molecule has 132 valence electrons. The molecule has 0 atom stereocenters. The summed E-state index contributed by atoms with van der Waals surface area (Å²) in [7, 11) is 0. The van der Waals surface area contributed by atoms with Gasteiger partial charge in [-0.25, -0.2) is 6.61 Å². The molecule has 2 nitrogen and oxygen atoms in total. The summed E-state index contributed by atoms with van der Waals surface area (Å²) in [6.07, 6.45) is 1.93. The van der Waals surface area contributed by atoms with Crippen molar-refractivity contribution in [3.8, 4) is 0 Å². The van der Waals surface area contributed by atoms with Crippen LogP contribution in [-0.2, 0) is 106 Å². The molecular weight excluding hydrogens is 774 g/mol. The van der Waals surface area contributed by atoms with Crippen LogP contribution in [0.4, 0.5) is 0 Å². The topological polar surface area (TPSA) is 40.5 Å². The van der Waals surface area contributed by atoms with Gasteiger partial charge in [-0.2, -0.15) is 5.41 Å². The van der Waals surface area contributed by atoms with E-state index in [9.17, 15) is 5.11 Å². The summed E-state index contributed by atoms with van der Waals surface area (Å²) in [6.45, 7) is 21.4. The Kier molecular flexibility index (Phi) is 28.3. The van der Waals surface area contributed by atoms with Gasteiger partial charge in [0.1, 0.15) is 0 Å². The summed E-state index contributed by atoms with van der Waals surface area (Å²) in [5.74, 6) is 0. The largest absolute Gasteiger partial charge is 0.565 e. The molecule has 0 saturated carbocycles. The van der Waals surface area contributed by atoms with Crippen molar-refractivity contribution in [2.75, 3.05) is 0 Å². The molecular formula is C16H34O2Re2Y2-2. The van der Waals surface area contributed by atoms with Crippen LogP contribution in [0.5, 0.6) is 0 Å². The van der Waals surface area contributed by atoms with Gasteiger partial charge < -0.3 is 10.2 Å². The summed E-state index contributed by atoms with van der Waals surface area (Å²) >= 11 is 0. The van der Waals surface area contributed by atoms with Crippen molar-refractivity contribution in [1.29, 1.82) is 0 Å². The fourth-order valence-corrected chi connectivity index (χ4v) is 1.25. The first-order valence-electron chi connectivity index (χ1n) is 6.60. The maximum atomic E-state index is 9.30. The molecule has 0 spiro atoms. The van der Waals surface area contributed by atoms with Crippen LogP contribution >= 0.6 is 0 Å². The second kappa shape index (κ2) is 15.5. The average Bonchev–Trinajstić information content (AvgIpc) is 1.95. The van der Waals surface area contributed by atoms with Crippen LogP contribution in [0.15, 0.2) is 0 Å². The molecule has 0 aliphatic carbocycles. The van der Waals surface area contributed by atoms with Crippen LogP contribution in [0, 0.1) is 29.3 Å². The van der Waals surface area contributed by atoms with E-state index in [2.05, 4.69) is 41.5 Å². The zero-order valence-electron chi connectivity index (χ0n) is 16.0. The van der Waals surface area contributed by atoms with E-state index in [-0.39, 0.29) is 123 Å². The Bertz CT molecular complexity index is 228. The Morgan fingerprint density at radius 3 is 0.955 bits per heavy atom. The van der Waals surface area contributed by atoms with Crippen molar-refractivity contribution < 1.29 is 116 Å². The van der Waals surface area contributed by atoms with E-state index in [1.54, 1.807) is 13.8 Å². The van der Waals surface area contributed by atoms with E-state index in [1.165, 1.54) is 6.61 Å². The summed E-state index contributed by atoms with van der Waals surface area (Å²) in [4.78, 5) is 0. The van der Waals surface area contributed by atoms with Crippen molar-refractivity contribution in [3.05, 3.63) is 13.0 Å². The molecule has 6 heteroatoms. The van der Waals surface area contributed by atoms with E-state index < -0.39 is 5.60 Å². The molecule has 0 aromatic carbocycles. The maximum absolute atomic E-state index is 9.30. The van der Waals surface area contributed by atoms with Crippen molar-refractivity contribution >= 4 is 0 Å². The molecule has 0 aromatic rings. The van der Waals surface area contributed by atoms with Crippen molar-refractivity contribution in [2.24, 2.45) is 16.2 Å². The zero-order valence-corrected chi connectivity index (χ0v) is 27.1. The molecule has 0 fully saturated rings. The summed E-state index contributed by atoms with van der Waals surface area (Å²) < 4.78 is 0. The number of hydrogen-bond donors (Lipinski definition) is 2. The Balaban J connectivity index is -0.0000000492. The van der Waals surface area contributed by atoms with Crippen LogP contribution in [-0.4, -0.2) is 15.8 Å². The molecule has 0 aliphatic heterocycles. The fraction of sp³-hybridized carbons (Fsp3) is 0.875. The van der Waals surface area contributed by atoms with Gasteiger partial charge in [0.2, 0.25) is 0 Å². The molecule has 0 rings (SSSR count). The van der Waals surface area contributed by atoms with Crippen molar-refractivity contribution in [2.45, 2.75) is 74.8 Å². The summed E-state index contributed by atoms with van der Waals surface area (Å²) in [5.41, 5.74) is -0.481. The first-order valence-corrected chi connectivity index (χ1v) is 6.60. The Hall–Kier alpha value is 3.45. The third-order valence-corrected chi connectivity index (χ3v) is 3.04. The predicted octanol–water partition coefficient (Wildman–Crippen LogP) is 4.59. The second-order valence-corrected chi connectivity index (χ2v) is 8.26. The Morgan fingerprint density at radius 1 is 0.682 bits per heavy atom. The van der Waals surface area contributed by atoms with Crippen LogP contribution < -0.4 is 0 Å². The number of aliphatic hydroxyl groups excluding tert-OH is 1. The van der Waals surface area contributed by atoms with E-state index in [0.29, 0.717) is 0 Å². The van der Waals surface area contributed by atoms with Gasteiger partial charge in [0.15, 0.2) is 0 Å². The number of rotatable bonds is 2. The monoisotopic (exact) mass is 810 g/mol. The molecule has 22 heavy (non-hydrogen) atoms. The molecule has 0 amide bonds. The second-order valence-electron chi connectivity index (χ2n) is 8.26. The maximum Gasteiger partial charge on any atom is 0 e. The van der Waals surface area contributed by atoms with Gasteiger partial charge in [-0.1, -0.05) is 80.3 Å². The Morgan fingerprint density at radius 2 is 0.955 bits per heavy atom. The van der Waals surface area contributed by atoms with Crippen LogP contribution in [0.1, 0.15) is 69.2 Å². The summed E-state index contributed by atoms with van der Waals surface area (Å²) in [5, 5.41) is 18.1. The first-order chi connectivity index (χ1) is 7.52. The molecule has 0 heterocycles. The van der Waals surface area contributed by atoms with Gasteiger partial charge in [0, 0.05) is 106 Å². The van der Waals surface area contributed by atoms with Gasteiger partial charge in [-0.15, -0.1) is 5.41 Å². The molecule has 0 aliphatic rings. The van der Waals surface area contributed by atoms with E-state index in [4.69, 9.17) is 5.11 Å². The number of aliphatic hydroxyl groups is 2. The molecule has 4 radical (unpaired) electrons. The normalized spacial score (nSPS) is 11.5. The van der Waals surface area contributed by atoms with Crippen LogP contribution in [0.25, 0.3) is 0 Å².